The summed E-state index contributed by atoms with van der Waals surface area (Å²) in [4.78, 5) is 8.56. The van der Waals surface area contributed by atoms with E-state index < -0.39 is 0 Å². The second-order valence-corrected chi connectivity index (χ2v) is 21.0. The predicted octanol–water partition coefficient (Wildman–Crippen LogP) is 22.4. The summed E-state index contributed by atoms with van der Waals surface area (Å²) >= 11 is 0. The first-order valence-electron chi connectivity index (χ1n) is 27.4. The Kier molecular flexibility index (Phi) is 9.94. The molecule has 0 saturated carbocycles. The maximum Gasteiger partial charge on any atom is 0.233 e. The maximum atomic E-state index is 8.39. The number of hydrogen-bond donors (Lipinski definition) is 0. The molecule has 0 N–H and O–H groups in total. The SMILES string of the molecule is [C-]#[N+]c1cc2oc3cc4cc(N(c5ccccc5)c5cccc6c5oc5c(-c7ccccc7)cccc56)ccc4cc3c2c2c1oc1cc3cc(N(c4ccccc4)c4cccc5c4oc4c(-c6ccccc6)cccc45)ccc3cc12. The molecule has 13 aromatic carbocycles. The molecule has 17 rings (SSSR count). The van der Waals surface area contributed by atoms with E-state index in [0.717, 1.165) is 149 Å². The van der Waals surface area contributed by atoms with Crippen molar-refractivity contribution in [3.8, 4) is 22.3 Å². The number of fused-ring (bicyclic) bond motifs is 15. The van der Waals surface area contributed by atoms with Gasteiger partial charge < -0.3 is 27.5 Å². The molecule has 0 atom stereocenters. The molecule has 4 heterocycles. The van der Waals surface area contributed by atoms with Gasteiger partial charge in [0.15, 0.2) is 11.2 Å². The van der Waals surface area contributed by atoms with Crippen molar-refractivity contribution in [2.75, 3.05) is 9.80 Å². The van der Waals surface area contributed by atoms with Crippen LogP contribution >= 0.6 is 0 Å². The minimum absolute atomic E-state index is 0.396. The predicted molar refractivity (Wildman–Crippen MR) is 337 cm³/mol. The molecule has 0 saturated heterocycles. The van der Waals surface area contributed by atoms with Crippen LogP contribution < -0.4 is 9.80 Å². The number of nitrogens with zero attached hydrogens (tertiary/aromatic N) is 3. The fraction of sp³-hybridized carbons (Fsp3) is 0. The highest BCUT2D eigenvalue weighted by Gasteiger charge is 2.26. The minimum atomic E-state index is 0.396. The molecule has 17 aromatic rings. The van der Waals surface area contributed by atoms with E-state index in [4.69, 9.17) is 24.2 Å². The third-order valence-electron chi connectivity index (χ3n) is 16.4. The van der Waals surface area contributed by atoms with Crippen molar-refractivity contribution in [2.24, 2.45) is 0 Å². The first-order valence-corrected chi connectivity index (χ1v) is 27.4. The van der Waals surface area contributed by atoms with Gasteiger partial charge in [-0.1, -0.05) is 170 Å². The van der Waals surface area contributed by atoms with Crippen LogP contribution in [0.3, 0.4) is 0 Å². The van der Waals surface area contributed by atoms with Crippen molar-refractivity contribution in [1.29, 1.82) is 0 Å². The number of para-hydroxylation sites is 6. The largest absolute Gasteiger partial charge is 0.467 e. The van der Waals surface area contributed by atoms with Gasteiger partial charge in [0, 0.05) is 77.0 Å². The van der Waals surface area contributed by atoms with Crippen LogP contribution in [-0.4, -0.2) is 0 Å². The Bertz CT molecular complexity index is 5480. The van der Waals surface area contributed by atoms with Gasteiger partial charge >= 0.3 is 0 Å². The van der Waals surface area contributed by atoms with Crippen molar-refractivity contribution < 1.29 is 17.7 Å². The van der Waals surface area contributed by atoms with E-state index in [9.17, 15) is 0 Å². The zero-order chi connectivity index (χ0) is 54.0. The van der Waals surface area contributed by atoms with E-state index >= 15 is 0 Å². The van der Waals surface area contributed by atoms with Gasteiger partial charge in [-0.25, -0.2) is 4.85 Å². The highest BCUT2D eigenvalue weighted by Crippen LogP contribution is 2.50. The lowest BCUT2D eigenvalue weighted by Gasteiger charge is -2.25. The van der Waals surface area contributed by atoms with Crippen LogP contribution in [0.4, 0.5) is 39.8 Å². The Labute approximate surface area is 468 Å². The third kappa shape index (κ3) is 6.95. The Hall–Kier alpha value is -11.3. The first-order chi connectivity index (χ1) is 40.6. The van der Waals surface area contributed by atoms with Crippen molar-refractivity contribution in [3.63, 3.8) is 0 Å². The number of hydrogen-bond acceptors (Lipinski definition) is 6. The first kappa shape index (κ1) is 45.7. The summed E-state index contributed by atoms with van der Waals surface area (Å²) in [6.07, 6.45) is 0. The van der Waals surface area contributed by atoms with Crippen LogP contribution in [0, 0.1) is 6.57 Å². The van der Waals surface area contributed by atoms with Crippen molar-refractivity contribution in [1.82, 2.24) is 0 Å². The average Bonchev–Trinajstić information content (AvgIpc) is 2.36. The molecule has 4 aromatic heterocycles. The molecule has 82 heavy (non-hydrogen) atoms. The molecule has 0 spiro atoms. The lowest BCUT2D eigenvalue weighted by molar-refractivity contribution is 0.665. The third-order valence-corrected chi connectivity index (χ3v) is 16.4. The summed E-state index contributed by atoms with van der Waals surface area (Å²) in [6, 6.07) is 90.8. The molecule has 7 heteroatoms. The van der Waals surface area contributed by atoms with Gasteiger partial charge in [0.1, 0.15) is 33.5 Å². The highest BCUT2D eigenvalue weighted by molar-refractivity contribution is 6.30. The summed E-state index contributed by atoms with van der Waals surface area (Å²) in [5.74, 6) is 0. The Morgan fingerprint density at radius 2 is 0.720 bits per heavy atom. The van der Waals surface area contributed by atoms with E-state index in [-0.39, 0.29) is 0 Å². The zero-order valence-corrected chi connectivity index (χ0v) is 43.8. The van der Waals surface area contributed by atoms with Gasteiger partial charge in [0.25, 0.3) is 0 Å². The van der Waals surface area contributed by atoms with Gasteiger partial charge in [0.2, 0.25) is 5.69 Å². The smallest absolute Gasteiger partial charge is 0.233 e. The molecule has 7 nitrogen and oxygen atoms in total. The second-order valence-electron chi connectivity index (χ2n) is 21.0. The normalized spacial score (nSPS) is 11.9. The molecule has 0 bridgehead atoms. The van der Waals surface area contributed by atoms with Gasteiger partial charge in [-0.3, -0.25) is 0 Å². The van der Waals surface area contributed by atoms with E-state index in [1.165, 1.54) is 0 Å². The topological polar surface area (TPSA) is 63.4 Å². The summed E-state index contributed by atoms with van der Waals surface area (Å²) in [6.45, 7) is 8.39. The van der Waals surface area contributed by atoms with E-state index in [1.807, 2.05) is 30.3 Å². The number of benzene rings is 13. The summed E-state index contributed by atoms with van der Waals surface area (Å²) in [5.41, 5.74) is 16.4. The molecule has 0 aliphatic rings. The van der Waals surface area contributed by atoms with Gasteiger partial charge in [-0.15, -0.1) is 0 Å². The molecular weight excluding hydrogens is 1010 g/mol. The van der Waals surface area contributed by atoms with E-state index in [1.54, 1.807) is 0 Å². The second kappa shape index (κ2) is 17.8. The van der Waals surface area contributed by atoms with Crippen LogP contribution in [-0.2, 0) is 0 Å². The van der Waals surface area contributed by atoms with Crippen LogP contribution in [0.15, 0.2) is 279 Å². The summed E-state index contributed by atoms with van der Waals surface area (Å²) in [7, 11) is 0. The monoisotopic (exact) mass is 1050 g/mol. The molecule has 0 aliphatic carbocycles. The molecule has 0 aliphatic heterocycles. The Morgan fingerprint density at radius 3 is 1.21 bits per heavy atom. The number of rotatable bonds is 8. The summed E-state index contributed by atoms with van der Waals surface area (Å²) < 4.78 is 27.5. The van der Waals surface area contributed by atoms with E-state index in [0.29, 0.717) is 22.4 Å². The zero-order valence-electron chi connectivity index (χ0n) is 43.8. The molecule has 0 amide bonds. The fourth-order valence-electron chi connectivity index (χ4n) is 12.7. The van der Waals surface area contributed by atoms with Crippen LogP contribution in [0.5, 0.6) is 0 Å². The van der Waals surface area contributed by atoms with Crippen LogP contribution in [0.25, 0.3) is 136 Å². The molecule has 0 radical (unpaired) electrons. The number of furan rings is 4. The van der Waals surface area contributed by atoms with Crippen molar-refractivity contribution in [3.05, 3.63) is 272 Å². The Balaban J connectivity index is 0.799. The molecular formula is C75H43N3O4. The minimum Gasteiger partial charge on any atom is -0.467 e. The highest BCUT2D eigenvalue weighted by atomic mass is 16.3. The number of anilines is 6. The van der Waals surface area contributed by atoms with Crippen molar-refractivity contribution in [2.45, 2.75) is 0 Å². The van der Waals surface area contributed by atoms with Gasteiger partial charge in [0.05, 0.1) is 17.9 Å². The lowest BCUT2D eigenvalue weighted by Crippen LogP contribution is -2.10. The fourth-order valence-corrected chi connectivity index (χ4v) is 12.7. The summed E-state index contributed by atoms with van der Waals surface area (Å²) in [5, 5.41) is 11.9. The lowest BCUT2D eigenvalue weighted by atomic mass is 9.99. The Morgan fingerprint density at radius 1 is 0.280 bits per heavy atom. The van der Waals surface area contributed by atoms with Gasteiger partial charge in [-0.05, 0) is 124 Å². The average molecular weight is 1050 g/mol. The van der Waals surface area contributed by atoms with Crippen molar-refractivity contribution >= 4 is 149 Å². The van der Waals surface area contributed by atoms with E-state index in [2.05, 4.69) is 245 Å². The molecule has 0 fully saturated rings. The molecule has 0 unspecified atom stereocenters. The molecule has 382 valence electrons. The van der Waals surface area contributed by atoms with Crippen LogP contribution in [0.1, 0.15) is 0 Å². The van der Waals surface area contributed by atoms with Gasteiger partial charge in [-0.2, -0.15) is 0 Å². The standard InChI is InChI=1S/C75H43N3O4/c1-76-63-44-68-69(61-40-47-34-36-53(38-49(47)42-66(61)79-68)77(51-22-10-4-11-23-51)64-32-16-30-59-57-28-14-26-55(71(57)81-73(59)64)45-18-6-2-7-19-45)70-62-41-48-35-37-54(39-50(48)43-67(62)80-75(63)70)78(52-24-12-5-13-25-52)65-33-17-31-60-58-29-15-27-56(72(58)82-74(60)65)46-20-8-3-9-21-46/h2-44H. The van der Waals surface area contributed by atoms with Crippen LogP contribution in [0.2, 0.25) is 0 Å². The quantitative estimate of drug-likeness (QED) is 0.141. The maximum absolute atomic E-state index is 8.39.